The fraction of sp³-hybridized carbons (Fsp3) is 0.250. The maximum atomic E-state index is 10.2. The lowest BCUT2D eigenvalue weighted by Gasteiger charge is -2.30. The van der Waals surface area contributed by atoms with Gasteiger partial charge in [0.15, 0.2) is 0 Å². The van der Waals surface area contributed by atoms with Crippen LogP contribution in [0.2, 0.25) is 0 Å². The highest BCUT2D eigenvalue weighted by Crippen LogP contribution is 2.42. The van der Waals surface area contributed by atoms with Crippen molar-refractivity contribution in [3.05, 3.63) is 53.6 Å². The van der Waals surface area contributed by atoms with E-state index in [1.165, 1.54) is 0 Å². The number of rotatable bonds is 2. The first-order valence-corrected chi connectivity index (χ1v) is 6.49. The average molecular weight is 272 g/mol. The smallest absolute Gasteiger partial charge is 0.127 e. The maximum absolute atomic E-state index is 10.2. The van der Waals surface area contributed by atoms with Gasteiger partial charge in [-0.3, -0.25) is 0 Å². The normalized spacial score (nSPS) is 20.9. The molecule has 2 aromatic carbocycles. The molecule has 2 N–H and O–H groups in total. The Balaban J connectivity index is 1.88. The first-order chi connectivity index (χ1) is 9.67. The summed E-state index contributed by atoms with van der Waals surface area (Å²) >= 11 is 0. The highest BCUT2D eigenvalue weighted by atomic mass is 16.5. The predicted molar refractivity (Wildman–Crippen MR) is 74.0 cm³/mol. The van der Waals surface area contributed by atoms with Crippen molar-refractivity contribution in [2.45, 2.75) is 18.6 Å². The van der Waals surface area contributed by atoms with Gasteiger partial charge in [-0.2, -0.15) is 0 Å². The molecule has 0 radical (unpaired) electrons. The highest BCUT2D eigenvalue weighted by molar-refractivity contribution is 5.43. The van der Waals surface area contributed by atoms with Crippen LogP contribution in [0.25, 0.3) is 0 Å². The van der Waals surface area contributed by atoms with E-state index in [2.05, 4.69) is 0 Å². The molecule has 0 amide bonds. The molecule has 104 valence electrons. The molecule has 0 aliphatic carbocycles. The van der Waals surface area contributed by atoms with Gasteiger partial charge in [-0.1, -0.05) is 12.1 Å². The zero-order chi connectivity index (χ0) is 14.1. The number of aliphatic hydroxyl groups is 1. The summed E-state index contributed by atoms with van der Waals surface area (Å²) in [5.41, 5.74) is 1.62. The van der Waals surface area contributed by atoms with Crippen molar-refractivity contribution in [1.29, 1.82) is 0 Å². The minimum absolute atomic E-state index is 0.134. The molecule has 0 spiro atoms. The van der Waals surface area contributed by atoms with Gasteiger partial charge in [0.2, 0.25) is 0 Å². The molecule has 0 saturated heterocycles. The van der Waals surface area contributed by atoms with E-state index in [-0.39, 0.29) is 11.9 Å². The van der Waals surface area contributed by atoms with Crippen molar-refractivity contribution < 1.29 is 19.7 Å². The fourth-order valence-corrected chi connectivity index (χ4v) is 2.46. The molecule has 2 aromatic rings. The van der Waals surface area contributed by atoms with E-state index in [9.17, 15) is 10.2 Å². The molecule has 1 aliphatic heterocycles. The van der Waals surface area contributed by atoms with E-state index in [0.717, 1.165) is 11.3 Å². The molecule has 0 saturated carbocycles. The molecule has 20 heavy (non-hydrogen) atoms. The number of aromatic hydroxyl groups is 1. The molecule has 0 fully saturated rings. The monoisotopic (exact) mass is 272 g/mol. The number of benzene rings is 2. The van der Waals surface area contributed by atoms with Crippen molar-refractivity contribution in [2.24, 2.45) is 0 Å². The highest BCUT2D eigenvalue weighted by Gasteiger charge is 2.28. The molecule has 0 bridgehead atoms. The zero-order valence-corrected chi connectivity index (χ0v) is 11.1. The first kappa shape index (κ1) is 12.8. The Morgan fingerprint density at radius 1 is 1.15 bits per heavy atom. The standard InChI is InChI=1S/C16H16O4/c1-19-12-5-2-10(3-6-12)16-9-14(18)13-8-11(17)4-7-15(13)20-16/h2-8,14,16-18H,9H2,1H3. The van der Waals surface area contributed by atoms with Crippen LogP contribution in [0.4, 0.5) is 0 Å². The second-order valence-corrected chi connectivity index (χ2v) is 4.85. The summed E-state index contributed by atoms with van der Waals surface area (Å²) in [4.78, 5) is 0. The van der Waals surface area contributed by atoms with E-state index in [1.54, 1.807) is 25.3 Å². The van der Waals surface area contributed by atoms with Gasteiger partial charge >= 0.3 is 0 Å². The predicted octanol–water partition coefficient (Wildman–Crippen LogP) is 2.96. The van der Waals surface area contributed by atoms with Gasteiger partial charge in [-0.25, -0.2) is 0 Å². The summed E-state index contributed by atoms with van der Waals surface area (Å²) in [6, 6.07) is 12.4. The quantitative estimate of drug-likeness (QED) is 0.882. The maximum Gasteiger partial charge on any atom is 0.127 e. The van der Waals surface area contributed by atoms with Crippen molar-refractivity contribution in [3.63, 3.8) is 0 Å². The largest absolute Gasteiger partial charge is 0.508 e. The molecule has 2 atom stereocenters. The fourth-order valence-electron chi connectivity index (χ4n) is 2.46. The molecule has 1 heterocycles. The SMILES string of the molecule is COc1ccc(C2CC(O)c3cc(O)ccc3O2)cc1. The third kappa shape index (κ3) is 2.30. The molecular formula is C16H16O4. The van der Waals surface area contributed by atoms with Gasteiger partial charge in [-0.15, -0.1) is 0 Å². The summed E-state index contributed by atoms with van der Waals surface area (Å²) in [6.07, 6.45) is -0.381. The van der Waals surface area contributed by atoms with Gasteiger partial charge in [-0.05, 0) is 35.9 Å². The van der Waals surface area contributed by atoms with Gasteiger partial charge in [0.1, 0.15) is 23.4 Å². The first-order valence-electron chi connectivity index (χ1n) is 6.49. The summed E-state index contributed by atoms with van der Waals surface area (Å²) in [7, 11) is 1.62. The van der Waals surface area contributed by atoms with Crippen LogP contribution in [0.1, 0.15) is 29.8 Å². The lowest BCUT2D eigenvalue weighted by atomic mass is 9.95. The molecule has 2 unspecified atom stereocenters. The number of ether oxygens (including phenoxy) is 2. The van der Waals surface area contributed by atoms with Crippen molar-refractivity contribution in [1.82, 2.24) is 0 Å². The Kier molecular flexibility index (Phi) is 3.24. The van der Waals surface area contributed by atoms with E-state index in [1.807, 2.05) is 24.3 Å². The van der Waals surface area contributed by atoms with Crippen molar-refractivity contribution in [3.8, 4) is 17.2 Å². The Labute approximate surface area is 117 Å². The van der Waals surface area contributed by atoms with Gasteiger partial charge in [0, 0.05) is 12.0 Å². The number of phenols is 1. The van der Waals surface area contributed by atoms with Crippen LogP contribution < -0.4 is 9.47 Å². The topological polar surface area (TPSA) is 58.9 Å². The van der Waals surface area contributed by atoms with Crippen LogP contribution in [0.15, 0.2) is 42.5 Å². The molecule has 1 aliphatic rings. The third-order valence-corrected chi connectivity index (χ3v) is 3.55. The lowest BCUT2D eigenvalue weighted by molar-refractivity contribution is 0.0654. The van der Waals surface area contributed by atoms with E-state index >= 15 is 0 Å². The molecular weight excluding hydrogens is 256 g/mol. The lowest BCUT2D eigenvalue weighted by Crippen LogP contribution is -2.18. The Hall–Kier alpha value is -2.20. The zero-order valence-electron chi connectivity index (χ0n) is 11.1. The third-order valence-electron chi connectivity index (χ3n) is 3.55. The van der Waals surface area contributed by atoms with Crippen LogP contribution in [0.3, 0.4) is 0 Å². The second kappa shape index (κ2) is 5.06. The van der Waals surface area contributed by atoms with Crippen LogP contribution in [0.5, 0.6) is 17.2 Å². The second-order valence-electron chi connectivity index (χ2n) is 4.85. The minimum Gasteiger partial charge on any atom is -0.508 e. The Morgan fingerprint density at radius 3 is 2.60 bits per heavy atom. The summed E-state index contributed by atoms with van der Waals surface area (Å²) in [5, 5.41) is 19.7. The summed E-state index contributed by atoms with van der Waals surface area (Å²) in [5.74, 6) is 1.53. The van der Waals surface area contributed by atoms with Crippen LogP contribution in [-0.2, 0) is 0 Å². The molecule has 4 heteroatoms. The summed E-state index contributed by atoms with van der Waals surface area (Å²) in [6.45, 7) is 0. The number of phenolic OH excluding ortho intramolecular Hbond substituents is 1. The number of fused-ring (bicyclic) bond motifs is 1. The average Bonchev–Trinajstić information content (AvgIpc) is 2.48. The van der Waals surface area contributed by atoms with Gasteiger partial charge < -0.3 is 19.7 Å². The van der Waals surface area contributed by atoms with Gasteiger partial charge in [0.25, 0.3) is 0 Å². The van der Waals surface area contributed by atoms with E-state index < -0.39 is 6.10 Å². The molecule has 4 nitrogen and oxygen atoms in total. The Bertz CT molecular complexity index is 606. The number of aliphatic hydroxyl groups excluding tert-OH is 1. The van der Waals surface area contributed by atoms with Crippen molar-refractivity contribution in [2.75, 3.05) is 7.11 Å². The van der Waals surface area contributed by atoms with Crippen molar-refractivity contribution >= 4 is 0 Å². The molecule has 0 aromatic heterocycles. The van der Waals surface area contributed by atoms with E-state index in [0.29, 0.717) is 17.7 Å². The minimum atomic E-state index is -0.641. The van der Waals surface area contributed by atoms with E-state index in [4.69, 9.17) is 9.47 Å². The molecule has 3 rings (SSSR count). The van der Waals surface area contributed by atoms with Crippen LogP contribution >= 0.6 is 0 Å². The van der Waals surface area contributed by atoms with Gasteiger partial charge in [0.05, 0.1) is 13.2 Å². The number of hydrogen-bond donors (Lipinski definition) is 2. The van der Waals surface area contributed by atoms with Crippen LogP contribution in [-0.4, -0.2) is 17.3 Å². The number of methoxy groups -OCH3 is 1. The summed E-state index contributed by atoms with van der Waals surface area (Å²) < 4.78 is 11.0. The van der Waals surface area contributed by atoms with Crippen LogP contribution in [0, 0.1) is 0 Å². The Morgan fingerprint density at radius 2 is 1.90 bits per heavy atom. The number of hydrogen-bond acceptors (Lipinski definition) is 4.